The fourth-order valence-electron chi connectivity index (χ4n) is 1.05. The highest BCUT2D eigenvalue weighted by Gasteiger charge is 1.90. The lowest BCUT2D eigenvalue weighted by atomic mass is 10.1. The summed E-state index contributed by atoms with van der Waals surface area (Å²) in [7, 11) is 0. The number of nitrogens with two attached hydrogens (primary N) is 1. The Balaban J connectivity index is 2.66. The Morgan fingerprint density at radius 3 is 2.18 bits per heavy atom. The summed E-state index contributed by atoms with van der Waals surface area (Å²) in [4.78, 5) is 0. The molecule has 0 saturated carbocycles. The van der Waals surface area contributed by atoms with Crippen molar-refractivity contribution < 1.29 is 0 Å². The summed E-state index contributed by atoms with van der Waals surface area (Å²) >= 11 is 0. The van der Waals surface area contributed by atoms with E-state index >= 15 is 0 Å². The molecule has 0 bridgehead atoms. The summed E-state index contributed by atoms with van der Waals surface area (Å²) in [6, 6.07) is 8.42. The zero-order valence-corrected chi connectivity index (χ0v) is 6.88. The van der Waals surface area contributed by atoms with Crippen molar-refractivity contribution in [2.75, 3.05) is 0 Å². The molecule has 0 aliphatic rings. The maximum atomic E-state index is 5.47. The minimum Gasteiger partial charge on any atom is -0.326 e. The molecule has 1 aromatic carbocycles. The third-order valence-corrected chi connectivity index (χ3v) is 1.70. The second-order valence-corrected chi connectivity index (χ2v) is 2.63. The van der Waals surface area contributed by atoms with Gasteiger partial charge in [-0.05, 0) is 24.0 Å². The van der Waals surface area contributed by atoms with Crippen LogP contribution in [0.4, 0.5) is 0 Å². The van der Waals surface area contributed by atoms with Crippen LogP contribution in [0.2, 0.25) is 0 Å². The zero-order chi connectivity index (χ0) is 8.10. The lowest BCUT2D eigenvalue weighted by Gasteiger charge is -1.99. The van der Waals surface area contributed by atoms with Gasteiger partial charge in [-0.3, -0.25) is 0 Å². The molecule has 1 rings (SSSR count). The second-order valence-electron chi connectivity index (χ2n) is 2.63. The lowest BCUT2D eigenvalue weighted by Crippen LogP contribution is -1.95. The van der Waals surface area contributed by atoms with Crippen LogP contribution >= 0.6 is 0 Å². The van der Waals surface area contributed by atoms with E-state index in [4.69, 9.17) is 5.73 Å². The molecule has 0 amide bonds. The van der Waals surface area contributed by atoms with Crippen molar-refractivity contribution in [2.45, 2.75) is 19.9 Å². The van der Waals surface area contributed by atoms with Crippen LogP contribution in [0.15, 0.2) is 24.3 Å². The normalized spacial score (nSPS) is 10.0. The van der Waals surface area contributed by atoms with E-state index in [9.17, 15) is 0 Å². The van der Waals surface area contributed by atoms with E-state index in [2.05, 4.69) is 37.6 Å². The molecule has 0 saturated heterocycles. The summed E-state index contributed by atoms with van der Waals surface area (Å²) in [5, 5.41) is 0. The number of hydrogen-bond donors (Lipinski definition) is 1. The van der Waals surface area contributed by atoms with Crippen molar-refractivity contribution in [3.05, 3.63) is 41.8 Å². The van der Waals surface area contributed by atoms with E-state index < -0.39 is 0 Å². The molecule has 0 heterocycles. The quantitative estimate of drug-likeness (QED) is 0.696. The number of rotatable bonds is 3. The van der Waals surface area contributed by atoms with E-state index in [1.807, 2.05) is 0 Å². The van der Waals surface area contributed by atoms with Crippen LogP contribution in [0.3, 0.4) is 0 Å². The average Bonchev–Trinajstić information content (AvgIpc) is 2.07. The van der Waals surface area contributed by atoms with Gasteiger partial charge in [-0.2, -0.15) is 0 Å². The Hall–Kier alpha value is -0.820. The Bertz CT molecular complexity index is 201. The molecule has 0 unspecified atom stereocenters. The van der Waals surface area contributed by atoms with Gasteiger partial charge in [-0.15, -0.1) is 0 Å². The summed E-state index contributed by atoms with van der Waals surface area (Å²) in [5.74, 6) is 0. The van der Waals surface area contributed by atoms with Crippen LogP contribution in [-0.2, 0) is 13.0 Å². The summed E-state index contributed by atoms with van der Waals surface area (Å²) < 4.78 is 0. The van der Waals surface area contributed by atoms with Gasteiger partial charge in [0, 0.05) is 6.54 Å². The standard InChI is InChI=1S/C10H14N/c1-2-3-9-4-6-10(8-11)7-5-9/h2,4-7H,3,8,11H2,1H3. The highest BCUT2D eigenvalue weighted by molar-refractivity contribution is 5.23. The van der Waals surface area contributed by atoms with Crippen molar-refractivity contribution in [2.24, 2.45) is 5.73 Å². The largest absolute Gasteiger partial charge is 0.326 e. The van der Waals surface area contributed by atoms with Gasteiger partial charge < -0.3 is 5.73 Å². The van der Waals surface area contributed by atoms with Gasteiger partial charge in [0.2, 0.25) is 0 Å². The third-order valence-electron chi connectivity index (χ3n) is 1.70. The first-order valence-electron chi connectivity index (χ1n) is 3.92. The minimum absolute atomic E-state index is 0.635. The SMILES string of the molecule is C[CH]Cc1ccc(CN)cc1. The fourth-order valence-corrected chi connectivity index (χ4v) is 1.05. The Morgan fingerprint density at radius 2 is 1.73 bits per heavy atom. The second kappa shape index (κ2) is 4.14. The molecule has 59 valence electrons. The molecular formula is C10H14N. The van der Waals surface area contributed by atoms with Crippen molar-refractivity contribution in [3.63, 3.8) is 0 Å². The van der Waals surface area contributed by atoms with Gasteiger partial charge in [0.05, 0.1) is 0 Å². The van der Waals surface area contributed by atoms with Crippen molar-refractivity contribution in [1.29, 1.82) is 0 Å². The molecule has 11 heavy (non-hydrogen) atoms. The van der Waals surface area contributed by atoms with Gasteiger partial charge in [-0.1, -0.05) is 31.2 Å². The monoisotopic (exact) mass is 148 g/mol. The number of hydrogen-bond acceptors (Lipinski definition) is 1. The first-order valence-corrected chi connectivity index (χ1v) is 3.92. The van der Waals surface area contributed by atoms with Crippen molar-refractivity contribution >= 4 is 0 Å². The number of benzene rings is 1. The van der Waals surface area contributed by atoms with Crippen LogP contribution < -0.4 is 5.73 Å². The molecule has 0 fully saturated rings. The smallest absolute Gasteiger partial charge is 0.0178 e. The van der Waals surface area contributed by atoms with Crippen molar-refractivity contribution in [1.82, 2.24) is 0 Å². The van der Waals surface area contributed by atoms with Crippen LogP contribution in [0.1, 0.15) is 18.1 Å². The molecule has 1 nitrogen and oxygen atoms in total. The van der Waals surface area contributed by atoms with E-state index in [-0.39, 0.29) is 0 Å². The van der Waals surface area contributed by atoms with Gasteiger partial charge >= 0.3 is 0 Å². The molecule has 2 N–H and O–H groups in total. The minimum atomic E-state index is 0.635. The highest BCUT2D eigenvalue weighted by Crippen LogP contribution is 2.05. The molecular weight excluding hydrogens is 134 g/mol. The molecule has 0 aliphatic carbocycles. The molecule has 1 aromatic rings. The molecule has 1 heteroatoms. The van der Waals surface area contributed by atoms with E-state index in [0.717, 1.165) is 6.42 Å². The summed E-state index contributed by atoms with van der Waals surface area (Å²) in [6.45, 7) is 2.70. The molecule has 0 aromatic heterocycles. The lowest BCUT2D eigenvalue weighted by molar-refractivity contribution is 1.06. The maximum Gasteiger partial charge on any atom is 0.0178 e. The van der Waals surface area contributed by atoms with Crippen molar-refractivity contribution in [3.8, 4) is 0 Å². The third kappa shape index (κ3) is 2.35. The first-order chi connectivity index (χ1) is 5.36. The zero-order valence-electron chi connectivity index (χ0n) is 6.88. The first kappa shape index (κ1) is 8.28. The van der Waals surface area contributed by atoms with Gasteiger partial charge in [0.25, 0.3) is 0 Å². The summed E-state index contributed by atoms with van der Waals surface area (Å²) in [5.41, 5.74) is 8.02. The fraction of sp³-hybridized carbons (Fsp3) is 0.300. The van der Waals surface area contributed by atoms with Gasteiger partial charge in [-0.25, -0.2) is 0 Å². The van der Waals surface area contributed by atoms with Gasteiger partial charge in [0.15, 0.2) is 0 Å². The van der Waals surface area contributed by atoms with Gasteiger partial charge in [0.1, 0.15) is 0 Å². The van der Waals surface area contributed by atoms with Crippen LogP contribution in [0.5, 0.6) is 0 Å². The Labute approximate surface area is 68.2 Å². The Kier molecular flexibility index (Phi) is 3.12. The Morgan fingerprint density at radius 1 is 1.18 bits per heavy atom. The predicted octanol–water partition coefficient (Wildman–Crippen LogP) is 1.91. The van der Waals surface area contributed by atoms with E-state index in [1.165, 1.54) is 11.1 Å². The van der Waals surface area contributed by atoms with Crippen LogP contribution in [0, 0.1) is 6.42 Å². The van der Waals surface area contributed by atoms with E-state index in [0.29, 0.717) is 6.54 Å². The maximum absolute atomic E-state index is 5.47. The predicted molar refractivity (Wildman–Crippen MR) is 48.0 cm³/mol. The molecule has 0 atom stereocenters. The topological polar surface area (TPSA) is 26.0 Å². The molecule has 1 radical (unpaired) electrons. The van der Waals surface area contributed by atoms with Crippen LogP contribution in [0.25, 0.3) is 0 Å². The summed E-state index contributed by atoms with van der Waals surface area (Å²) in [6.07, 6.45) is 3.20. The molecule has 0 spiro atoms. The highest BCUT2D eigenvalue weighted by atomic mass is 14.5. The van der Waals surface area contributed by atoms with E-state index in [1.54, 1.807) is 0 Å². The van der Waals surface area contributed by atoms with Crippen LogP contribution in [-0.4, -0.2) is 0 Å². The molecule has 0 aliphatic heterocycles. The average molecular weight is 148 g/mol.